The van der Waals surface area contributed by atoms with Crippen molar-refractivity contribution in [2.24, 2.45) is 10.8 Å². The van der Waals surface area contributed by atoms with Crippen LogP contribution in [0.5, 0.6) is 0 Å². The van der Waals surface area contributed by atoms with Gasteiger partial charge in [-0.2, -0.15) is 0 Å². The summed E-state index contributed by atoms with van der Waals surface area (Å²) >= 11 is 0. The summed E-state index contributed by atoms with van der Waals surface area (Å²) in [4.78, 5) is 24.3. The fraction of sp³-hybridized carbons (Fsp3) is 0.778. The molecule has 0 heterocycles. The summed E-state index contributed by atoms with van der Waals surface area (Å²) in [5.41, 5.74) is -0.727. The van der Waals surface area contributed by atoms with Crippen LogP contribution in [0.1, 0.15) is 67.7 Å². The Morgan fingerprint density at radius 3 is 2.09 bits per heavy atom. The number of rotatable bonds is 9. The van der Waals surface area contributed by atoms with E-state index in [-0.39, 0.29) is 29.3 Å². The van der Waals surface area contributed by atoms with Crippen molar-refractivity contribution in [2.75, 3.05) is 6.54 Å². The van der Waals surface area contributed by atoms with Crippen LogP contribution in [0.25, 0.3) is 0 Å². The third-order valence-electron chi connectivity index (χ3n) is 4.03. The topological polar surface area (TPSA) is 58.2 Å². The summed E-state index contributed by atoms with van der Waals surface area (Å²) in [7, 11) is 0. The Morgan fingerprint density at radius 2 is 1.64 bits per heavy atom. The lowest BCUT2D eigenvalue weighted by atomic mass is 9.73. The SMILES string of the molecule is C=CCC(C)(C)NC(=O)CNC(=O)C(C)(C)CC(C)(C)CC. The molecule has 0 saturated carbocycles. The Bertz CT molecular complexity index is 409. The second-order valence-corrected chi connectivity index (χ2v) is 8.19. The predicted octanol–water partition coefficient (Wildman–Crippen LogP) is 3.43. The fourth-order valence-electron chi connectivity index (χ4n) is 2.63. The number of amides is 2. The maximum absolute atomic E-state index is 12.3. The second kappa shape index (κ2) is 7.80. The van der Waals surface area contributed by atoms with E-state index in [2.05, 4.69) is 38.0 Å². The lowest BCUT2D eigenvalue weighted by molar-refractivity contribution is -0.133. The van der Waals surface area contributed by atoms with Gasteiger partial charge in [-0.3, -0.25) is 9.59 Å². The zero-order valence-corrected chi connectivity index (χ0v) is 15.4. The number of hydrogen-bond acceptors (Lipinski definition) is 2. The standard InChI is InChI=1S/C18H34N2O2/c1-9-11-18(7,8)20-14(21)12-19-15(22)17(5,6)13-16(3,4)10-2/h9H,1,10-13H2,2-8H3,(H,19,22)(H,20,21). The van der Waals surface area contributed by atoms with Crippen molar-refractivity contribution in [3.63, 3.8) is 0 Å². The molecule has 4 nitrogen and oxygen atoms in total. The first-order chi connectivity index (χ1) is 9.85. The molecule has 0 aliphatic rings. The van der Waals surface area contributed by atoms with Gasteiger partial charge in [0.25, 0.3) is 0 Å². The predicted molar refractivity (Wildman–Crippen MR) is 92.5 cm³/mol. The Labute approximate surface area is 136 Å². The van der Waals surface area contributed by atoms with Gasteiger partial charge in [0.1, 0.15) is 0 Å². The van der Waals surface area contributed by atoms with E-state index in [1.54, 1.807) is 6.08 Å². The lowest BCUT2D eigenvalue weighted by Gasteiger charge is -2.33. The highest BCUT2D eigenvalue weighted by Gasteiger charge is 2.34. The Morgan fingerprint density at radius 1 is 1.09 bits per heavy atom. The Kier molecular flexibility index (Phi) is 7.33. The molecular weight excluding hydrogens is 276 g/mol. The van der Waals surface area contributed by atoms with Crippen molar-refractivity contribution >= 4 is 11.8 Å². The van der Waals surface area contributed by atoms with Gasteiger partial charge in [-0.05, 0) is 32.1 Å². The van der Waals surface area contributed by atoms with Gasteiger partial charge in [-0.1, -0.05) is 47.1 Å². The van der Waals surface area contributed by atoms with E-state index in [9.17, 15) is 9.59 Å². The maximum Gasteiger partial charge on any atom is 0.239 e. The van der Waals surface area contributed by atoms with E-state index in [4.69, 9.17) is 0 Å². The van der Waals surface area contributed by atoms with Gasteiger partial charge in [0.15, 0.2) is 0 Å². The Hall–Kier alpha value is -1.32. The van der Waals surface area contributed by atoms with Crippen LogP contribution < -0.4 is 10.6 Å². The van der Waals surface area contributed by atoms with Gasteiger partial charge in [0.05, 0.1) is 6.54 Å². The van der Waals surface area contributed by atoms with Crippen LogP contribution >= 0.6 is 0 Å². The first-order valence-corrected chi connectivity index (χ1v) is 8.05. The summed E-state index contributed by atoms with van der Waals surface area (Å²) in [5, 5.41) is 5.66. The molecule has 0 rings (SSSR count). The van der Waals surface area contributed by atoms with Gasteiger partial charge in [-0.15, -0.1) is 6.58 Å². The first kappa shape index (κ1) is 20.7. The van der Waals surface area contributed by atoms with Crippen LogP contribution in [-0.4, -0.2) is 23.9 Å². The average Bonchev–Trinajstić information content (AvgIpc) is 2.33. The molecule has 0 aromatic heterocycles. The molecule has 0 saturated heterocycles. The van der Waals surface area contributed by atoms with Crippen LogP contribution in [0.2, 0.25) is 0 Å². The number of carbonyl (C=O) groups excluding carboxylic acids is 2. The monoisotopic (exact) mass is 310 g/mol. The summed E-state index contributed by atoms with van der Waals surface area (Å²) in [5.74, 6) is -0.253. The van der Waals surface area contributed by atoms with Crippen LogP contribution in [0.15, 0.2) is 12.7 Å². The molecule has 0 aromatic rings. The summed E-state index contributed by atoms with van der Waals surface area (Å²) in [6.45, 7) is 17.9. The van der Waals surface area contributed by atoms with Gasteiger partial charge in [0, 0.05) is 11.0 Å². The highest BCUT2D eigenvalue weighted by molar-refractivity contribution is 5.87. The minimum Gasteiger partial charge on any atom is -0.349 e. The molecule has 128 valence electrons. The highest BCUT2D eigenvalue weighted by Crippen LogP contribution is 2.35. The van der Waals surface area contributed by atoms with Gasteiger partial charge >= 0.3 is 0 Å². The molecule has 0 fully saturated rings. The largest absolute Gasteiger partial charge is 0.349 e. The van der Waals surface area contributed by atoms with Crippen LogP contribution in [0, 0.1) is 10.8 Å². The quantitative estimate of drug-likeness (QED) is 0.641. The van der Waals surface area contributed by atoms with E-state index in [1.165, 1.54) is 0 Å². The van der Waals surface area contributed by atoms with Crippen molar-refractivity contribution < 1.29 is 9.59 Å². The van der Waals surface area contributed by atoms with Gasteiger partial charge in [-0.25, -0.2) is 0 Å². The number of hydrogen-bond donors (Lipinski definition) is 2. The Balaban J connectivity index is 4.49. The maximum atomic E-state index is 12.3. The third kappa shape index (κ3) is 7.62. The smallest absolute Gasteiger partial charge is 0.239 e. The fourth-order valence-corrected chi connectivity index (χ4v) is 2.63. The van der Waals surface area contributed by atoms with Crippen molar-refractivity contribution in [3.05, 3.63) is 12.7 Å². The van der Waals surface area contributed by atoms with Gasteiger partial charge < -0.3 is 10.6 Å². The summed E-state index contributed by atoms with van der Waals surface area (Å²) in [6, 6.07) is 0. The second-order valence-electron chi connectivity index (χ2n) is 8.19. The van der Waals surface area contributed by atoms with E-state index < -0.39 is 5.41 Å². The highest BCUT2D eigenvalue weighted by atomic mass is 16.2. The molecule has 0 aliphatic heterocycles. The third-order valence-corrected chi connectivity index (χ3v) is 4.03. The normalized spacial score (nSPS) is 12.7. The minimum absolute atomic E-state index is 0.00932. The molecule has 0 bridgehead atoms. The van der Waals surface area contributed by atoms with Crippen molar-refractivity contribution in [2.45, 2.75) is 73.3 Å². The molecule has 2 N–H and O–H groups in total. The van der Waals surface area contributed by atoms with E-state index in [0.717, 1.165) is 12.8 Å². The molecule has 0 aliphatic carbocycles. The first-order valence-electron chi connectivity index (χ1n) is 8.05. The molecule has 22 heavy (non-hydrogen) atoms. The molecule has 0 unspecified atom stereocenters. The average molecular weight is 310 g/mol. The van der Waals surface area contributed by atoms with E-state index >= 15 is 0 Å². The molecular formula is C18H34N2O2. The number of carbonyl (C=O) groups is 2. The molecule has 2 amide bonds. The van der Waals surface area contributed by atoms with Crippen LogP contribution in [0.4, 0.5) is 0 Å². The van der Waals surface area contributed by atoms with Crippen LogP contribution in [0.3, 0.4) is 0 Å². The molecule has 0 atom stereocenters. The number of nitrogens with one attached hydrogen (secondary N) is 2. The lowest BCUT2D eigenvalue weighted by Crippen LogP contribution is -2.49. The van der Waals surface area contributed by atoms with Crippen molar-refractivity contribution in [1.29, 1.82) is 0 Å². The summed E-state index contributed by atoms with van der Waals surface area (Å²) in [6.07, 6.45) is 4.25. The minimum atomic E-state index is -0.490. The van der Waals surface area contributed by atoms with Gasteiger partial charge in [0.2, 0.25) is 11.8 Å². The summed E-state index contributed by atoms with van der Waals surface area (Å²) < 4.78 is 0. The zero-order chi connectivity index (χ0) is 17.6. The van der Waals surface area contributed by atoms with E-state index in [0.29, 0.717) is 6.42 Å². The van der Waals surface area contributed by atoms with Crippen molar-refractivity contribution in [3.8, 4) is 0 Å². The zero-order valence-electron chi connectivity index (χ0n) is 15.4. The molecule has 0 radical (unpaired) electrons. The van der Waals surface area contributed by atoms with Crippen molar-refractivity contribution in [1.82, 2.24) is 10.6 Å². The molecule has 0 spiro atoms. The molecule has 0 aromatic carbocycles. The van der Waals surface area contributed by atoms with E-state index in [1.807, 2.05) is 27.7 Å². The molecule has 4 heteroatoms. The van der Waals surface area contributed by atoms with Crippen LogP contribution in [-0.2, 0) is 9.59 Å².